The average molecular weight is 535 g/mol. The molecule has 2 fully saturated rings. The lowest BCUT2D eigenvalue weighted by atomic mass is 9.85. The molecule has 1 atom stereocenters. The Labute approximate surface area is 229 Å². The topological polar surface area (TPSA) is 9.23 Å². The monoisotopic (exact) mass is 534 g/mol. The Hall–Kier alpha value is -0.903. The maximum Gasteiger partial charge on any atom is 0.191 e. The fourth-order valence-corrected chi connectivity index (χ4v) is 11.4. The van der Waals surface area contributed by atoms with Gasteiger partial charge >= 0.3 is 0 Å². The van der Waals surface area contributed by atoms with E-state index < -0.39 is 20.4 Å². The zero-order valence-corrected chi connectivity index (χ0v) is 25.5. The van der Waals surface area contributed by atoms with Gasteiger partial charge in [0.15, 0.2) is 17.4 Å². The van der Waals surface area contributed by atoms with Crippen LogP contribution in [0.15, 0.2) is 12.1 Å². The Morgan fingerprint density at radius 1 is 0.784 bits per heavy atom. The van der Waals surface area contributed by atoms with Gasteiger partial charge in [-0.3, -0.25) is 0 Å². The summed E-state index contributed by atoms with van der Waals surface area (Å²) in [6.07, 6.45) is 23.2. The molecule has 0 aromatic heterocycles. The van der Waals surface area contributed by atoms with Gasteiger partial charge in [-0.2, -0.15) is 0 Å². The zero-order valence-electron chi connectivity index (χ0n) is 24.3. The molecule has 1 aromatic rings. The van der Waals surface area contributed by atoms with E-state index in [1.165, 1.54) is 95.6 Å². The van der Waals surface area contributed by atoms with Crippen molar-refractivity contribution in [1.82, 2.24) is 0 Å². The van der Waals surface area contributed by atoms with Gasteiger partial charge in [-0.1, -0.05) is 116 Å². The van der Waals surface area contributed by atoms with E-state index >= 15 is 0 Å². The molecule has 0 N–H and O–H groups in total. The van der Waals surface area contributed by atoms with E-state index in [9.17, 15) is 8.78 Å². The first-order valence-corrected chi connectivity index (χ1v) is 18.5. The minimum Gasteiger partial charge on any atom is -0.485 e. The van der Waals surface area contributed by atoms with Gasteiger partial charge < -0.3 is 4.74 Å². The van der Waals surface area contributed by atoms with E-state index in [0.717, 1.165) is 49.1 Å². The highest BCUT2D eigenvalue weighted by atomic mass is 28.3. The molecule has 0 amide bonds. The van der Waals surface area contributed by atoms with Crippen molar-refractivity contribution < 1.29 is 13.5 Å². The van der Waals surface area contributed by atoms with Gasteiger partial charge in [0.2, 0.25) is 0 Å². The first-order valence-electron chi connectivity index (χ1n) is 16.2. The molecule has 1 aromatic carbocycles. The summed E-state index contributed by atoms with van der Waals surface area (Å²) in [4.78, 5) is 0. The third kappa shape index (κ3) is 10.3. The van der Waals surface area contributed by atoms with Crippen LogP contribution < -0.4 is 4.74 Å². The second kappa shape index (κ2) is 16.9. The summed E-state index contributed by atoms with van der Waals surface area (Å²) in [7, 11) is -0.725. The van der Waals surface area contributed by atoms with Crippen LogP contribution in [0.5, 0.6) is 5.75 Å². The van der Waals surface area contributed by atoms with Crippen molar-refractivity contribution in [3.63, 3.8) is 0 Å². The highest BCUT2D eigenvalue weighted by Crippen LogP contribution is 2.44. The van der Waals surface area contributed by atoms with Gasteiger partial charge in [0.25, 0.3) is 0 Å². The van der Waals surface area contributed by atoms with Crippen LogP contribution in [0.3, 0.4) is 0 Å². The van der Waals surface area contributed by atoms with E-state index in [2.05, 4.69) is 13.8 Å². The van der Waals surface area contributed by atoms with Crippen molar-refractivity contribution in [3.05, 3.63) is 29.3 Å². The van der Waals surface area contributed by atoms with Crippen LogP contribution >= 0.6 is 0 Å². The predicted molar refractivity (Wildman–Crippen MR) is 158 cm³/mol. The van der Waals surface area contributed by atoms with E-state index in [4.69, 9.17) is 4.74 Å². The van der Waals surface area contributed by atoms with Crippen LogP contribution in [0.1, 0.15) is 148 Å². The molecular weight excluding hydrogens is 478 g/mol. The van der Waals surface area contributed by atoms with E-state index in [-0.39, 0.29) is 11.9 Å². The van der Waals surface area contributed by atoms with Crippen molar-refractivity contribution >= 4 is 8.80 Å². The highest BCUT2D eigenvalue weighted by Gasteiger charge is 2.32. The van der Waals surface area contributed by atoms with Gasteiger partial charge in [0, 0.05) is 8.80 Å². The fraction of sp³-hybridized carbons (Fsp3) is 0.818. The van der Waals surface area contributed by atoms with Crippen LogP contribution in [0.4, 0.5) is 8.78 Å². The van der Waals surface area contributed by atoms with Crippen molar-refractivity contribution in [2.45, 2.75) is 166 Å². The lowest BCUT2D eigenvalue weighted by Gasteiger charge is -2.37. The summed E-state index contributed by atoms with van der Waals surface area (Å²) < 4.78 is 35.6. The summed E-state index contributed by atoms with van der Waals surface area (Å²) in [6, 6.07) is 5.86. The number of ether oxygens (including phenoxy) is 1. The van der Waals surface area contributed by atoms with Gasteiger partial charge in [-0.25, -0.2) is 8.78 Å². The fourth-order valence-electron chi connectivity index (χ4n) is 7.13. The number of unbranched alkanes of at least 4 members (excludes halogenated alkanes) is 8. The predicted octanol–water partition coefficient (Wildman–Crippen LogP) is 11.1. The van der Waals surface area contributed by atoms with Crippen LogP contribution in [-0.4, -0.2) is 14.9 Å². The molecule has 1 heterocycles. The smallest absolute Gasteiger partial charge is 0.191 e. The molecule has 0 spiro atoms. The lowest BCUT2D eigenvalue weighted by molar-refractivity contribution is 0.188. The molecule has 212 valence electrons. The second-order valence-electron chi connectivity index (χ2n) is 12.5. The number of hydrogen-bond acceptors (Lipinski definition) is 1. The minimum atomic E-state index is -0.725. The van der Waals surface area contributed by atoms with Gasteiger partial charge in [-0.05, 0) is 67.7 Å². The molecule has 4 heteroatoms. The van der Waals surface area contributed by atoms with Gasteiger partial charge in [0.05, 0.1) is 6.10 Å². The first kappa shape index (κ1) is 30.6. The van der Waals surface area contributed by atoms with E-state index in [0.29, 0.717) is 5.92 Å². The summed E-state index contributed by atoms with van der Waals surface area (Å²) >= 11 is 0. The maximum atomic E-state index is 14.9. The quantitative estimate of drug-likeness (QED) is 0.151. The standard InChI is InChI=1S/C33H56F2OSi/c1-4-6-8-10-12-14-26(3)36-33-31(34)24-29(25-32(33)35)28-20-22-37(23-21-28)30-18-16-27(17-19-30)15-13-11-9-7-5-2/h24-28,30,37H,4-23H2,1-3H3/t26-,27-,28-,30-,37-/m1/s1. The summed E-state index contributed by atoms with van der Waals surface area (Å²) in [5.74, 6) is 0.103. The Morgan fingerprint density at radius 2 is 1.35 bits per heavy atom. The number of halogens is 2. The molecule has 1 nitrogen and oxygen atoms in total. The maximum absolute atomic E-state index is 14.9. The molecular formula is C33H56F2OSi. The molecule has 1 saturated carbocycles. The van der Waals surface area contributed by atoms with Crippen LogP contribution in [0.2, 0.25) is 17.6 Å². The van der Waals surface area contributed by atoms with Crippen molar-refractivity contribution in [2.24, 2.45) is 5.92 Å². The third-order valence-corrected chi connectivity index (χ3v) is 13.7. The molecule has 1 aliphatic carbocycles. The Balaban J connectivity index is 1.39. The molecule has 0 unspecified atom stereocenters. The molecule has 2 aliphatic rings. The normalized spacial score (nSPS) is 25.2. The highest BCUT2D eigenvalue weighted by molar-refractivity contribution is 6.60. The van der Waals surface area contributed by atoms with Crippen LogP contribution in [-0.2, 0) is 0 Å². The molecule has 0 bridgehead atoms. The molecule has 37 heavy (non-hydrogen) atoms. The largest absolute Gasteiger partial charge is 0.485 e. The SMILES string of the molecule is CCCCCCC[C@@H](C)Oc1c(F)cc([C@H]2CC[Si@H]([C@H]3CC[C@H](CCCCCCC)CC3)CC2)cc1F. The minimum absolute atomic E-state index is 0.158. The van der Waals surface area contributed by atoms with Crippen molar-refractivity contribution in [3.8, 4) is 5.75 Å². The summed E-state index contributed by atoms with van der Waals surface area (Å²) in [5, 5.41) is 0. The van der Waals surface area contributed by atoms with Crippen LogP contribution in [0.25, 0.3) is 0 Å². The second-order valence-corrected chi connectivity index (χ2v) is 16.2. The molecule has 0 radical (unpaired) electrons. The Bertz CT molecular complexity index is 730. The molecule has 3 rings (SSSR count). The number of rotatable bonds is 16. The average Bonchev–Trinajstić information content (AvgIpc) is 2.91. The summed E-state index contributed by atoms with van der Waals surface area (Å²) in [5.41, 5.74) is 1.87. The molecule has 1 aliphatic heterocycles. The van der Waals surface area contributed by atoms with Crippen LogP contribution in [0, 0.1) is 17.6 Å². The van der Waals surface area contributed by atoms with E-state index in [1.807, 2.05) is 6.92 Å². The first-order chi connectivity index (χ1) is 18.0. The zero-order chi connectivity index (χ0) is 26.5. The lowest BCUT2D eigenvalue weighted by Crippen LogP contribution is -2.29. The van der Waals surface area contributed by atoms with Crippen molar-refractivity contribution in [2.75, 3.05) is 0 Å². The van der Waals surface area contributed by atoms with E-state index in [1.54, 1.807) is 12.1 Å². The van der Waals surface area contributed by atoms with Gasteiger partial charge in [0.1, 0.15) is 0 Å². The summed E-state index contributed by atoms with van der Waals surface area (Å²) in [6.45, 7) is 6.43. The van der Waals surface area contributed by atoms with Crippen molar-refractivity contribution in [1.29, 1.82) is 0 Å². The third-order valence-electron chi connectivity index (χ3n) is 9.57. The van der Waals surface area contributed by atoms with Gasteiger partial charge in [-0.15, -0.1) is 0 Å². The molecule has 1 saturated heterocycles. The number of benzene rings is 1. The Kier molecular flexibility index (Phi) is 14.0. The number of hydrogen-bond donors (Lipinski definition) is 0. The Morgan fingerprint density at radius 3 is 1.95 bits per heavy atom.